The number of para-hydroxylation sites is 2. The Labute approximate surface area is 157 Å². The van der Waals surface area contributed by atoms with Crippen molar-refractivity contribution in [2.45, 2.75) is 12.8 Å². The van der Waals surface area contributed by atoms with Crippen molar-refractivity contribution < 1.29 is 9.59 Å². The van der Waals surface area contributed by atoms with E-state index in [2.05, 4.69) is 21.9 Å². The van der Waals surface area contributed by atoms with E-state index >= 15 is 0 Å². The van der Waals surface area contributed by atoms with Crippen LogP contribution in [0.2, 0.25) is 0 Å². The molecule has 0 atom stereocenters. The Balaban J connectivity index is 1.40. The van der Waals surface area contributed by atoms with Crippen LogP contribution in [0.3, 0.4) is 0 Å². The number of aryl methyl sites for hydroxylation is 1. The normalized spacial score (nSPS) is 13.1. The van der Waals surface area contributed by atoms with E-state index in [0.29, 0.717) is 11.1 Å². The lowest BCUT2D eigenvalue weighted by Crippen LogP contribution is -2.47. The maximum atomic E-state index is 12.5. The Bertz CT molecular complexity index is 997. The van der Waals surface area contributed by atoms with Gasteiger partial charge < -0.3 is 4.90 Å². The lowest BCUT2D eigenvalue weighted by Gasteiger charge is -2.30. The van der Waals surface area contributed by atoms with Crippen LogP contribution in [-0.4, -0.2) is 29.9 Å². The first kappa shape index (κ1) is 17.0. The third kappa shape index (κ3) is 3.60. The summed E-state index contributed by atoms with van der Waals surface area (Å²) in [5.41, 5.74) is 8.39. The molecule has 2 aromatic carbocycles. The number of hydrogen-bond donors (Lipinski definition) is 2. The molecular formula is C21H20N4O2. The summed E-state index contributed by atoms with van der Waals surface area (Å²) in [4.78, 5) is 31.1. The van der Waals surface area contributed by atoms with Gasteiger partial charge in [-0.15, -0.1) is 0 Å². The largest absolute Gasteiger partial charge is 0.362 e. The first-order valence-electron chi connectivity index (χ1n) is 8.98. The molecular weight excluding hydrogens is 340 g/mol. The molecule has 0 saturated heterocycles. The fraction of sp³-hybridized carbons (Fsp3) is 0.190. The van der Waals surface area contributed by atoms with Crippen LogP contribution >= 0.6 is 0 Å². The van der Waals surface area contributed by atoms with Gasteiger partial charge in [0.05, 0.1) is 17.6 Å². The molecule has 2 N–H and O–H groups in total. The number of rotatable bonds is 3. The number of pyridine rings is 1. The zero-order valence-electron chi connectivity index (χ0n) is 14.8. The van der Waals surface area contributed by atoms with Crippen molar-refractivity contribution in [1.29, 1.82) is 0 Å². The van der Waals surface area contributed by atoms with Gasteiger partial charge >= 0.3 is 0 Å². The molecule has 2 heterocycles. The lowest BCUT2D eigenvalue weighted by atomic mass is 10.0. The highest BCUT2D eigenvalue weighted by Gasteiger charge is 2.19. The number of nitrogens with zero attached hydrogens (tertiary/aromatic N) is 2. The van der Waals surface area contributed by atoms with Crippen molar-refractivity contribution in [1.82, 2.24) is 15.8 Å². The van der Waals surface area contributed by atoms with Gasteiger partial charge in [-0.05, 0) is 36.6 Å². The number of hydrogen-bond acceptors (Lipinski definition) is 4. The van der Waals surface area contributed by atoms with Gasteiger partial charge in [-0.25, -0.2) is 0 Å². The lowest BCUT2D eigenvalue weighted by molar-refractivity contribution is -0.120. The van der Waals surface area contributed by atoms with Gasteiger partial charge in [-0.3, -0.25) is 25.4 Å². The number of benzene rings is 2. The molecule has 0 radical (unpaired) electrons. The minimum Gasteiger partial charge on any atom is -0.362 e. The molecule has 0 unspecified atom stereocenters. The van der Waals surface area contributed by atoms with Gasteiger partial charge in [0.15, 0.2) is 0 Å². The Hall–Kier alpha value is -3.41. The molecule has 1 aliphatic rings. The van der Waals surface area contributed by atoms with E-state index < -0.39 is 0 Å². The Morgan fingerprint density at radius 3 is 2.78 bits per heavy atom. The summed E-state index contributed by atoms with van der Waals surface area (Å²) in [5.74, 6) is -0.639. The summed E-state index contributed by atoms with van der Waals surface area (Å²) in [7, 11) is 0. The maximum Gasteiger partial charge on any atom is 0.271 e. The first-order chi connectivity index (χ1) is 13.2. The van der Waals surface area contributed by atoms with Gasteiger partial charge in [-0.1, -0.05) is 36.4 Å². The minimum absolute atomic E-state index is 0.199. The Morgan fingerprint density at radius 2 is 1.85 bits per heavy atom. The van der Waals surface area contributed by atoms with Crippen LogP contribution in [0.15, 0.2) is 60.8 Å². The topological polar surface area (TPSA) is 74.3 Å². The molecule has 1 aliphatic heterocycles. The van der Waals surface area contributed by atoms with Crippen molar-refractivity contribution in [3.05, 3.63) is 71.9 Å². The number of fused-ring (bicyclic) bond motifs is 2. The molecule has 27 heavy (non-hydrogen) atoms. The van der Waals surface area contributed by atoms with E-state index in [1.807, 2.05) is 41.3 Å². The highest BCUT2D eigenvalue weighted by atomic mass is 16.2. The fourth-order valence-corrected chi connectivity index (χ4v) is 3.47. The Kier molecular flexibility index (Phi) is 4.70. The van der Waals surface area contributed by atoms with Crippen LogP contribution in [0, 0.1) is 0 Å². The van der Waals surface area contributed by atoms with E-state index in [-0.39, 0.29) is 18.4 Å². The van der Waals surface area contributed by atoms with Crippen LogP contribution in [0.25, 0.3) is 10.9 Å². The number of carbonyl (C=O) groups is 2. The third-order valence-electron chi connectivity index (χ3n) is 4.73. The molecule has 1 aromatic heterocycles. The average Bonchev–Trinajstić information content (AvgIpc) is 2.72. The molecule has 0 aliphatic carbocycles. The second-order valence-electron chi connectivity index (χ2n) is 6.54. The summed E-state index contributed by atoms with van der Waals surface area (Å²) < 4.78 is 0. The summed E-state index contributed by atoms with van der Waals surface area (Å²) in [6.45, 7) is 1.02. The van der Waals surface area contributed by atoms with Gasteiger partial charge in [-0.2, -0.15) is 0 Å². The predicted octanol–water partition coefficient (Wildman–Crippen LogP) is 2.45. The highest BCUT2D eigenvalue weighted by molar-refractivity contribution is 6.05. The monoisotopic (exact) mass is 360 g/mol. The number of hydrazine groups is 1. The van der Waals surface area contributed by atoms with E-state index in [1.165, 1.54) is 5.56 Å². The van der Waals surface area contributed by atoms with Crippen LogP contribution in [-0.2, 0) is 11.2 Å². The van der Waals surface area contributed by atoms with Crippen LogP contribution < -0.4 is 15.8 Å². The zero-order valence-corrected chi connectivity index (χ0v) is 14.8. The van der Waals surface area contributed by atoms with Gasteiger partial charge in [0.25, 0.3) is 11.8 Å². The number of amides is 2. The average molecular weight is 360 g/mol. The van der Waals surface area contributed by atoms with Gasteiger partial charge in [0.2, 0.25) is 0 Å². The maximum absolute atomic E-state index is 12.5. The Morgan fingerprint density at radius 1 is 1.00 bits per heavy atom. The fourth-order valence-electron chi connectivity index (χ4n) is 3.47. The van der Waals surface area contributed by atoms with Crippen molar-refractivity contribution in [3.8, 4) is 0 Å². The van der Waals surface area contributed by atoms with E-state index in [9.17, 15) is 9.59 Å². The van der Waals surface area contributed by atoms with Crippen LogP contribution in [0.5, 0.6) is 0 Å². The summed E-state index contributed by atoms with van der Waals surface area (Å²) in [6, 6.07) is 17.2. The molecule has 0 bridgehead atoms. The van der Waals surface area contributed by atoms with Gasteiger partial charge in [0.1, 0.15) is 0 Å². The molecule has 136 valence electrons. The summed E-state index contributed by atoms with van der Waals surface area (Å²) in [6.07, 6.45) is 3.68. The molecule has 6 heteroatoms. The highest BCUT2D eigenvalue weighted by Crippen LogP contribution is 2.26. The van der Waals surface area contributed by atoms with E-state index in [1.54, 1.807) is 18.3 Å². The first-order valence-corrected chi connectivity index (χ1v) is 8.98. The minimum atomic E-state index is -0.383. The summed E-state index contributed by atoms with van der Waals surface area (Å²) in [5, 5.41) is 0.876. The van der Waals surface area contributed by atoms with E-state index in [0.717, 1.165) is 30.5 Å². The summed E-state index contributed by atoms with van der Waals surface area (Å²) >= 11 is 0. The van der Waals surface area contributed by atoms with E-state index in [4.69, 9.17) is 0 Å². The molecule has 2 amide bonds. The van der Waals surface area contributed by atoms with Crippen LogP contribution in [0.4, 0.5) is 5.69 Å². The number of anilines is 1. The van der Waals surface area contributed by atoms with Crippen LogP contribution in [0.1, 0.15) is 22.3 Å². The molecule has 0 saturated carbocycles. The zero-order chi connectivity index (χ0) is 18.6. The second kappa shape index (κ2) is 7.45. The number of nitrogens with one attached hydrogen (secondary N) is 2. The van der Waals surface area contributed by atoms with Crippen molar-refractivity contribution in [2.75, 3.05) is 18.0 Å². The number of aromatic nitrogens is 1. The molecule has 0 fully saturated rings. The third-order valence-corrected chi connectivity index (χ3v) is 4.73. The van der Waals surface area contributed by atoms with Crippen molar-refractivity contribution in [2.24, 2.45) is 0 Å². The SMILES string of the molecule is O=C(CN1CCCc2ccccc21)NNC(=O)c1cccc2cccnc12. The van der Waals surface area contributed by atoms with Crippen molar-refractivity contribution in [3.63, 3.8) is 0 Å². The molecule has 3 aromatic rings. The smallest absolute Gasteiger partial charge is 0.271 e. The molecule has 6 nitrogen and oxygen atoms in total. The van der Waals surface area contributed by atoms with Crippen molar-refractivity contribution >= 4 is 28.4 Å². The number of carbonyl (C=O) groups excluding carboxylic acids is 2. The molecule has 4 rings (SSSR count). The quantitative estimate of drug-likeness (QED) is 0.704. The second-order valence-corrected chi connectivity index (χ2v) is 6.54. The predicted molar refractivity (Wildman–Crippen MR) is 104 cm³/mol. The molecule has 0 spiro atoms. The standard InChI is InChI=1S/C21H20N4O2/c26-19(14-25-13-5-9-15-6-1-2-11-18(15)25)23-24-21(27)17-10-3-7-16-8-4-12-22-20(16)17/h1-4,6-8,10-12H,5,9,13-14H2,(H,23,26)(H,24,27). The van der Waals surface area contributed by atoms with Gasteiger partial charge in [0, 0.05) is 23.8 Å².